The van der Waals surface area contributed by atoms with Crippen LogP contribution in [0.1, 0.15) is 47.0 Å². The van der Waals surface area contributed by atoms with Gasteiger partial charge in [0.2, 0.25) is 0 Å². The minimum atomic E-state index is -0.164. The number of nitrogens with zero attached hydrogens (tertiary/aromatic N) is 1. The van der Waals surface area contributed by atoms with Crippen molar-refractivity contribution in [2.24, 2.45) is 11.3 Å². The number of nitriles is 1. The highest BCUT2D eigenvalue weighted by atomic mass is 16.5. The van der Waals surface area contributed by atoms with Gasteiger partial charge in [0.15, 0.2) is 0 Å². The van der Waals surface area contributed by atoms with Gasteiger partial charge in [-0.2, -0.15) is 5.26 Å². The lowest BCUT2D eigenvalue weighted by Gasteiger charge is -2.23. The van der Waals surface area contributed by atoms with E-state index in [-0.39, 0.29) is 30.3 Å². The van der Waals surface area contributed by atoms with Gasteiger partial charge in [-0.3, -0.25) is 4.79 Å². The van der Waals surface area contributed by atoms with E-state index in [0.717, 1.165) is 12.8 Å². The van der Waals surface area contributed by atoms with Crippen molar-refractivity contribution in [3.05, 3.63) is 0 Å². The van der Waals surface area contributed by atoms with Crippen LogP contribution in [0.5, 0.6) is 0 Å². The largest absolute Gasteiger partial charge is 0.464 e. The Morgan fingerprint density at radius 1 is 1.47 bits per heavy atom. The summed E-state index contributed by atoms with van der Waals surface area (Å²) in [5.41, 5.74) is 0.134. The molecule has 86 valence electrons. The van der Waals surface area contributed by atoms with E-state index in [0.29, 0.717) is 0 Å². The SMILES string of the molecule is CCC(CC(C)(C)C)C(=O)OCCC#N. The molecule has 0 aliphatic heterocycles. The van der Waals surface area contributed by atoms with Crippen molar-refractivity contribution >= 4 is 5.97 Å². The first-order chi connectivity index (χ1) is 6.90. The fourth-order valence-corrected chi connectivity index (χ4v) is 1.45. The summed E-state index contributed by atoms with van der Waals surface area (Å²) in [6.07, 6.45) is 1.90. The second-order valence-electron chi connectivity index (χ2n) is 4.95. The van der Waals surface area contributed by atoms with Crippen LogP contribution in [-0.2, 0) is 9.53 Å². The van der Waals surface area contributed by atoms with Gasteiger partial charge in [0.05, 0.1) is 18.4 Å². The smallest absolute Gasteiger partial charge is 0.308 e. The molecular formula is C12H21NO2. The van der Waals surface area contributed by atoms with Crippen molar-refractivity contribution in [2.75, 3.05) is 6.61 Å². The van der Waals surface area contributed by atoms with E-state index in [1.807, 2.05) is 13.0 Å². The number of carbonyl (C=O) groups excluding carboxylic acids is 1. The Labute approximate surface area is 92.4 Å². The molecule has 1 unspecified atom stereocenters. The van der Waals surface area contributed by atoms with Crippen molar-refractivity contribution in [3.8, 4) is 6.07 Å². The Morgan fingerprint density at radius 2 is 2.07 bits per heavy atom. The molecule has 3 heteroatoms. The third kappa shape index (κ3) is 6.96. The first-order valence-corrected chi connectivity index (χ1v) is 5.44. The number of esters is 1. The second-order valence-corrected chi connectivity index (χ2v) is 4.95. The number of hydrogen-bond acceptors (Lipinski definition) is 3. The maximum absolute atomic E-state index is 11.6. The molecule has 0 radical (unpaired) electrons. The van der Waals surface area contributed by atoms with Gasteiger partial charge in [0, 0.05) is 0 Å². The van der Waals surface area contributed by atoms with Crippen molar-refractivity contribution in [1.82, 2.24) is 0 Å². The molecule has 0 aromatic carbocycles. The molecule has 0 aliphatic rings. The quantitative estimate of drug-likeness (QED) is 0.519. The van der Waals surface area contributed by atoms with Crippen LogP contribution in [0, 0.1) is 22.7 Å². The van der Waals surface area contributed by atoms with E-state index < -0.39 is 0 Å². The Bertz CT molecular complexity index is 235. The highest BCUT2D eigenvalue weighted by molar-refractivity contribution is 5.72. The van der Waals surface area contributed by atoms with Gasteiger partial charge in [-0.25, -0.2) is 0 Å². The van der Waals surface area contributed by atoms with Crippen molar-refractivity contribution in [3.63, 3.8) is 0 Å². The Balaban J connectivity index is 4.06. The zero-order chi connectivity index (χ0) is 11.9. The van der Waals surface area contributed by atoms with E-state index in [9.17, 15) is 4.79 Å². The average Bonchev–Trinajstić information content (AvgIpc) is 2.13. The molecule has 0 heterocycles. The highest BCUT2D eigenvalue weighted by Crippen LogP contribution is 2.26. The van der Waals surface area contributed by atoms with Crippen molar-refractivity contribution in [2.45, 2.75) is 47.0 Å². The van der Waals surface area contributed by atoms with Crippen LogP contribution in [0.2, 0.25) is 0 Å². The molecule has 0 fully saturated rings. The number of rotatable bonds is 5. The van der Waals surface area contributed by atoms with Crippen LogP contribution < -0.4 is 0 Å². The molecule has 0 aromatic heterocycles. The predicted molar refractivity (Wildman–Crippen MR) is 59.0 cm³/mol. The average molecular weight is 211 g/mol. The maximum Gasteiger partial charge on any atom is 0.308 e. The van der Waals surface area contributed by atoms with Crippen LogP contribution in [0.25, 0.3) is 0 Å². The Hall–Kier alpha value is -1.04. The first-order valence-electron chi connectivity index (χ1n) is 5.44. The van der Waals surface area contributed by atoms with Crippen molar-refractivity contribution < 1.29 is 9.53 Å². The van der Waals surface area contributed by atoms with E-state index in [4.69, 9.17) is 10.00 Å². The highest BCUT2D eigenvalue weighted by Gasteiger charge is 2.24. The lowest BCUT2D eigenvalue weighted by atomic mass is 9.83. The molecule has 1 atom stereocenters. The van der Waals surface area contributed by atoms with Crippen LogP contribution in [0.15, 0.2) is 0 Å². The summed E-state index contributed by atoms with van der Waals surface area (Å²) < 4.78 is 5.02. The van der Waals surface area contributed by atoms with Crippen LogP contribution in [0.3, 0.4) is 0 Å². The maximum atomic E-state index is 11.6. The molecule has 0 saturated carbocycles. The summed E-state index contributed by atoms with van der Waals surface area (Å²) >= 11 is 0. The minimum absolute atomic E-state index is 0.0382. The monoisotopic (exact) mass is 211 g/mol. The summed E-state index contributed by atoms with van der Waals surface area (Å²) in [6, 6.07) is 1.95. The predicted octanol–water partition coefficient (Wildman–Crippen LogP) is 2.91. The fraction of sp³-hybridized carbons (Fsp3) is 0.833. The first kappa shape index (κ1) is 14.0. The molecule has 0 N–H and O–H groups in total. The van der Waals surface area contributed by atoms with Gasteiger partial charge in [0.25, 0.3) is 0 Å². The molecule has 3 nitrogen and oxygen atoms in total. The lowest BCUT2D eigenvalue weighted by Crippen LogP contribution is -2.23. The zero-order valence-electron chi connectivity index (χ0n) is 10.2. The van der Waals surface area contributed by atoms with E-state index >= 15 is 0 Å². The fourth-order valence-electron chi connectivity index (χ4n) is 1.45. The van der Waals surface area contributed by atoms with E-state index in [2.05, 4.69) is 20.8 Å². The topological polar surface area (TPSA) is 50.1 Å². The molecule has 0 aliphatic carbocycles. The second kappa shape index (κ2) is 6.44. The zero-order valence-corrected chi connectivity index (χ0v) is 10.2. The van der Waals surface area contributed by atoms with Gasteiger partial charge in [0.1, 0.15) is 6.61 Å². The number of hydrogen-bond donors (Lipinski definition) is 0. The summed E-state index contributed by atoms with van der Waals surface area (Å²) in [4.78, 5) is 11.6. The summed E-state index contributed by atoms with van der Waals surface area (Å²) in [7, 11) is 0. The third-order valence-electron chi connectivity index (χ3n) is 2.14. The van der Waals surface area contributed by atoms with Gasteiger partial charge >= 0.3 is 5.97 Å². The van der Waals surface area contributed by atoms with E-state index in [1.165, 1.54) is 0 Å². The third-order valence-corrected chi connectivity index (χ3v) is 2.14. The molecule has 15 heavy (non-hydrogen) atoms. The van der Waals surface area contributed by atoms with Gasteiger partial charge < -0.3 is 4.74 Å². The van der Waals surface area contributed by atoms with Crippen molar-refractivity contribution in [1.29, 1.82) is 5.26 Å². The minimum Gasteiger partial charge on any atom is -0.464 e. The molecule has 0 aromatic rings. The Morgan fingerprint density at radius 3 is 2.47 bits per heavy atom. The van der Waals surface area contributed by atoms with Crippen LogP contribution in [0.4, 0.5) is 0 Å². The van der Waals surface area contributed by atoms with Gasteiger partial charge in [-0.15, -0.1) is 0 Å². The van der Waals surface area contributed by atoms with Crippen LogP contribution in [-0.4, -0.2) is 12.6 Å². The molecule has 0 saturated heterocycles. The van der Waals surface area contributed by atoms with Gasteiger partial charge in [-0.1, -0.05) is 27.7 Å². The van der Waals surface area contributed by atoms with Crippen LogP contribution >= 0.6 is 0 Å². The number of ether oxygens (including phenoxy) is 1. The molecule has 0 amide bonds. The number of carbonyl (C=O) groups is 1. The summed E-state index contributed by atoms with van der Waals surface area (Å²) in [5, 5.41) is 8.32. The molecular weight excluding hydrogens is 190 g/mol. The summed E-state index contributed by atoms with van der Waals surface area (Å²) in [6.45, 7) is 8.53. The van der Waals surface area contributed by atoms with Gasteiger partial charge in [-0.05, 0) is 18.3 Å². The lowest BCUT2D eigenvalue weighted by molar-refractivity contribution is -0.149. The molecule has 0 spiro atoms. The normalized spacial score (nSPS) is 13.0. The molecule has 0 rings (SSSR count). The molecule has 0 bridgehead atoms. The summed E-state index contributed by atoms with van der Waals surface area (Å²) in [5.74, 6) is -0.202. The standard InChI is InChI=1S/C12H21NO2/c1-5-10(9-12(2,3)4)11(14)15-8-6-7-13/h10H,5-6,8-9H2,1-4H3. The Kier molecular flexibility index (Phi) is 6.00. The van der Waals surface area contributed by atoms with E-state index in [1.54, 1.807) is 0 Å².